The molecule has 0 aromatic heterocycles. The lowest BCUT2D eigenvalue weighted by Gasteiger charge is -2.33. The van der Waals surface area contributed by atoms with Gasteiger partial charge in [-0.2, -0.15) is 13.2 Å². The van der Waals surface area contributed by atoms with Gasteiger partial charge in [0.15, 0.2) is 6.10 Å². The number of nitrogens with one attached hydrogen (secondary N) is 1. The summed E-state index contributed by atoms with van der Waals surface area (Å²) in [6.45, 7) is 2.95. The molecule has 1 aliphatic rings. The van der Waals surface area contributed by atoms with E-state index in [1.807, 2.05) is 31.2 Å². The van der Waals surface area contributed by atoms with Crippen LogP contribution in [-0.4, -0.2) is 49.3 Å². The maximum Gasteiger partial charge on any atom is 0.415 e. The molecule has 0 unspecified atom stereocenters. The molecule has 0 saturated carbocycles. The van der Waals surface area contributed by atoms with E-state index in [4.69, 9.17) is 4.74 Å². The van der Waals surface area contributed by atoms with E-state index in [1.54, 1.807) is 4.90 Å². The zero-order valence-corrected chi connectivity index (χ0v) is 13.0. The minimum absolute atomic E-state index is 0.0369. The first-order valence-corrected chi connectivity index (χ1v) is 7.57. The summed E-state index contributed by atoms with van der Waals surface area (Å²) in [7, 11) is 0. The van der Waals surface area contributed by atoms with E-state index in [1.165, 1.54) is 0 Å². The van der Waals surface area contributed by atoms with Crippen molar-refractivity contribution >= 4 is 5.91 Å². The Bertz CT molecular complexity index is 517. The maximum absolute atomic E-state index is 12.6. The molecular formula is C16H21F3N2O2. The summed E-state index contributed by atoms with van der Waals surface area (Å²) in [5.74, 6) is -0.166. The van der Waals surface area contributed by atoms with Gasteiger partial charge >= 0.3 is 6.18 Å². The molecule has 1 amide bonds. The average Bonchev–Trinajstić information content (AvgIpc) is 2.52. The third kappa shape index (κ3) is 5.84. The molecule has 4 nitrogen and oxygen atoms in total. The SMILES string of the molecule is Cc1ccc(CNC(=O)CCN2CCO[C@H](C(F)(F)F)C2)cc1. The van der Waals surface area contributed by atoms with Crippen LogP contribution in [0, 0.1) is 6.92 Å². The van der Waals surface area contributed by atoms with Crippen molar-refractivity contribution in [3.63, 3.8) is 0 Å². The molecule has 1 saturated heterocycles. The number of halogens is 3. The van der Waals surface area contributed by atoms with Crippen molar-refractivity contribution in [2.75, 3.05) is 26.2 Å². The third-order valence-corrected chi connectivity index (χ3v) is 3.78. The Kier molecular flexibility index (Phi) is 6.01. The highest BCUT2D eigenvalue weighted by molar-refractivity contribution is 5.76. The second-order valence-corrected chi connectivity index (χ2v) is 5.71. The molecule has 1 N–H and O–H groups in total. The van der Waals surface area contributed by atoms with Crippen LogP contribution in [0.3, 0.4) is 0 Å². The summed E-state index contributed by atoms with van der Waals surface area (Å²) in [5, 5.41) is 2.78. The van der Waals surface area contributed by atoms with Crippen molar-refractivity contribution in [1.29, 1.82) is 0 Å². The molecule has 1 aromatic rings. The number of carbonyl (C=O) groups is 1. The van der Waals surface area contributed by atoms with Crippen LogP contribution >= 0.6 is 0 Å². The number of ether oxygens (including phenoxy) is 1. The largest absolute Gasteiger partial charge is 0.415 e. The van der Waals surface area contributed by atoms with Crippen LogP contribution in [-0.2, 0) is 16.1 Å². The van der Waals surface area contributed by atoms with Crippen LogP contribution in [0.5, 0.6) is 0 Å². The van der Waals surface area contributed by atoms with E-state index in [-0.39, 0.29) is 25.5 Å². The Balaban J connectivity index is 1.70. The van der Waals surface area contributed by atoms with Gasteiger partial charge < -0.3 is 10.1 Å². The van der Waals surface area contributed by atoms with Gasteiger partial charge in [0.05, 0.1) is 6.61 Å². The van der Waals surface area contributed by atoms with E-state index < -0.39 is 12.3 Å². The Morgan fingerprint density at radius 2 is 2.04 bits per heavy atom. The Hall–Kier alpha value is -1.60. The van der Waals surface area contributed by atoms with Crippen molar-refractivity contribution < 1.29 is 22.7 Å². The normalized spacial score (nSPS) is 19.6. The highest BCUT2D eigenvalue weighted by Crippen LogP contribution is 2.25. The number of amides is 1. The lowest BCUT2D eigenvalue weighted by molar-refractivity contribution is -0.237. The van der Waals surface area contributed by atoms with Gasteiger partial charge in [-0.05, 0) is 12.5 Å². The Morgan fingerprint density at radius 1 is 1.35 bits per heavy atom. The minimum atomic E-state index is -4.35. The molecule has 1 aliphatic heterocycles. The fourth-order valence-corrected chi connectivity index (χ4v) is 2.36. The number of hydrogen-bond donors (Lipinski definition) is 1. The zero-order valence-electron chi connectivity index (χ0n) is 13.0. The molecule has 1 fully saturated rings. The van der Waals surface area contributed by atoms with Gasteiger partial charge in [0.25, 0.3) is 0 Å². The first-order chi connectivity index (χ1) is 10.8. The summed E-state index contributed by atoms with van der Waals surface area (Å²) in [4.78, 5) is 13.4. The van der Waals surface area contributed by atoms with Gasteiger partial charge in [0, 0.05) is 32.6 Å². The fourth-order valence-electron chi connectivity index (χ4n) is 2.36. The molecule has 0 spiro atoms. The van der Waals surface area contributed by atoms with Crippen LogP contribution in [0.15, 0.2) is 24.3 Å². The van der Waals surface area contributed by atoms with Gasteiger partial charge in [0.1, 0.15) is 0 Å². The summed E-state index contributed by atoms with van der Waals surface area (Å²) in [6, 6.07) is 7.80. The van der Waals surface area contributed by atoms with Crippen LogP contribution in [0.1, 0.15) is 17.5 Å². The molecule has 2 rings (SSSR count). The fraction of sp³-hybridized carbons (Fsp3) is 0.562. The molecule has 1 aromatic carbocycles. The Morgan fingerprint density at radius 3 is 2.70 bits per heavy atom. The summed E-state index contributed by atoms with van der Waals surface area (Å²) in [5.41, 5.74) is 2.14. The van der Waals surface area contributed by atoms with E-state index in [0.29, 0.717) is 19.6 Å². The standard InChI is InChI=1S/C16H21F3N2O2/c1-12-2-4-13(5-3-12)10-20-15(22)6-7-21-8-9-23-14(11-21)16(17,18)19/h2-5,14H,6-11H2,1H3,(H,20,22)/t14-/m0/s1. The smallest absolute Gasteiger partial charge is 0.366 e. The predicted molar refractivity (Wildman–Crippen MR) is 79.9 cm³/mol. The van der Waals surface area contributed by atoms with Crippen LogP contribution in [0.2, 0.25) is 0 Å². The first kappa shape index (κ1) is 17.7. The second kappa shape index (κ2) is 7.79. The molecule has 128 valence electrons. The van der Waals surface area contributed by atoms with Gasteiger partial charge in [-0.3, -0.25) is 9.69 Å². The molecule has 0 bridgehead atoms. The van der Waals surface area contributed by atoms with Crippen molar-refractivity contribution in [2.24, 2.45) is 0 Å². The Labute approximate surface area is 133 Å². The van der Waals surface area contributed by atoms with E-state index in [2.05, 4.69) is 5.32 Å². The molecule has 7 heteroatoms. The van der Waals surface area contributed by atoms with Gasteiger partial charge in [-0.15, -0.1) is 0 Å². The molecule has 23 heavy (non-hydrogen) atoms. The van der Waals surface area contributed by atoms with E-state index in [0.717, 1.165) is 11.1 Å². The monoisotopic (exact) mass is 330 g/mol. The zero-order chi connectivity index (χ0) is 16.9. The van der Waals surface area contributed by atoms with Crippen molar-refractivity contribution in [3.05, 3.63) is 35.4 Å². The van der Waals surface area contributed by atoms with Gasteiger partial charge in [0.2, 0.25) is 5.91 Å². The van der Waals surface area contributed by atoms with E-state index >= 15 is 0 Å². The molecule has 0 aliphatic carbocycles. The predicted octanol–water partition coefficient (Wildman–Crippen LogP) is 2.26. The number of carbonyl (C=O) groups excluding carboxylic acids is 1. The number of hydrogen-bond acceptors (Lipinski definition) is 3. The summed E-state index contributed by atoms with van der Waals surface area (Å²) in [6.07, 6.45) is -5.94. The molecule has 0 radical (unpaired) electrons. The van der Waals surface area contributed by atoms with E-state index in [9.17, 15) is 18.0 Å². The lowest BCUT2D eigenvalue weighted by Crippen LogP contribution is -2.49. The van der Waals surface area contributed by atoms with Crippen LogP contribution in [0.4, 0.5) is 13.2 Å². The van der Waals surface area contributed by atoms with Crippen LogP contribution in [0.25, 0.3) is 0 Å². The number of alkyl halides is 3. The second-order valence-electron chi connectivity index (χ2n) is 5.71. The summed E-state index contributed by atoms with van der Waals surface area (Å²) < 4.78 is 42.6. The summed E-state index contributed by atoms with van der Waals surface area (Å²) >= 11 is 0. The number of nitrogens with zero attached hydrogens (tertiary/aromatic N) is 1. The van der Waals surface area contributed by atoms with Gasteiger partial charge in [-0.1, -0.05) is 29.8 Å². The molecular weight excluding hydrogens is 309 g/mol. The van der Waals surface area contributed by atoms with Crippen molar-refractivity contribution in [2.45, 2.75) is 32.2 Å². The number of rotatable bonds is 5. The number of benzene rings is 1. The topological polar surface area (TPSA) is 41.6 Å². The quantitative estimate of drug-likeness (QED) is 0.900. The third-order valence-electron chi connectivity index (χ3n) is 3.78. The first-order valence-electron chi connectivity index (χ1n) is 7.57. The highest BCUT2D eigenvalue weighted by atomic mass is 19.4. The van der Waals surface area contributed by atoms with Crippen molar-refractivity contribution in [3.8, 4) is 0 Å². The average molecular weight is 330 g/mol. The van der Waals surface area contributed by atoms with Crippen LogP contribution < -0.4 is 5.32 Å². The van der Waals surface area contributed by atoms with Crippen molar-refractivity contribution in [1.82, 2.24) is 10.2 Å². The highest BCUT2D eigenvalue weighted by Gasteiger charge is 2.43. The molecule has 1 atom stereocenters. The number of aryl methyl sites for hydroxylation is 1. The maximum atomic E-state index is 12.6. The lowest BCUT2D eigenvalue weighted by atomic mass is 10.1. The minimum Gasteiger partial charge on any atom is -0.366 e. The molecule has 1 heterocycles. The number of morpholine rings is 1. The van der Waals surface area contributed by atoms with Gasteiger partial charge in [-0.25, -0.2) is 0 Å².